The van der Waals surface area contributed by atoms with Gasteiger partial charge in [0, 0.05) is 30.9 Å². The molecule has 3 rings (SSSR count). The lowest BCUT2D eigenvalue weighted by atomic mass is 10.1. The van der Waals surface area contributed by atoms with E-state index < -0.39 is 0 Å². The summed E-state index contributed by atoms with van der Waals surface area (Å²) in [7, 11) is 0. The van der Waals surface area contributed by atoms with Crippen molar-refractivity contribution in [3.8, 4) is 0 Å². The van der Waals surface area contributed by atoms with Crippen molar-refractivity contribution < 1.29 is 0 Å². The number of pyridine rings is 1. The Morgan fingerprint density at radius 3 is 2.91 bits per heavy atom. The third-order valence-corrected chi connectivity index (χ3v) is 6.55. The summed E-state index contributed by atoms with van der Waals surface area (Å²) < 4.78 is 5.92. The molecule has 0 saturated carbocycles. The lowest BCUT2D eigenvalue weighted by molar-refractivity contribution is 0.460. The lowest BCUT2D eigenvalue weighted by Gasteiger charge is -2.35. The summed E-state index contributed by atoms with van der Waals surface area (Å²) in [6.07, 6.45) is 4.23. The minimum atomic E-state index is 0.319. The first-order valence-corrected chi connectivity index (χ1v) is 10.4. The Balaban J connectivity index is 1.86. The van der Waals surface area contributed by atoms with Crippen LogP contribution < -0.4 is 10.2 Å². The molecular weight excluding hydrogens is 332 g/mol. The predicted octanol–water partition coefficient (Wildman–Crippen LogP) is 3.44. The van der Waals surface area contributed by atoms with E-state index in [2.05, 4.69) is 44.2 Å². The van der Waals surface area contributed by atoms with Crippen LogP contribution in [0.5, 0.6) is 0 Å². The number of nitrogens with zero attached hydrogens (tertiary/aromatic N) is 3. The standard InChI is InChI=1S/C15H20N4S3/c1-10-5-4-6-12(17-10)19-8-7-16-11(9-19)13-14(20-2)18-22-15(13)21-3/h4-6,11,16H,7-9H2,1-3H3. The molecule has 1 fully saturated rings. The molecule has 7 heteroatoms. The van der Waals surface area contributed by atoms with Gasteiger partial charge in [-0.25, -0.2) is 4.98 Å². The van der Waals surface area contributed by atoms with Gasteiger partial charge in [0.25, 0.3) is 0 Å². The zero-order chi connectivity index (χ0) is 15.5. The molecule has 1 aliphatic rings. The quantitative estimate of drug-likeness (QED) is 0.850. The van der Waals surface area contributed by atoms with Crippen LogP contribution >= 0.6 is 35.1 Å². The van der Waals surface area contributed by atoms with E-state index in [0.717, 1.165) is 36.2 Å². The first-order valence-electron chi connectivity index (χ1n) is 7.22. The molecule has 22 heavy (non-hydrogen) atoms. The van der Waals surface area contributed by atoms with Crippen molar-refractivity contribution >= 4 is 40.9 Å². The molecule has 3 heterocycles. The van der Waals surface area contributed by atoms with Gasteiger partial charge in [0.1, 0.15) is 10.8 Å². The number of aromatic nitrogens is 2. The third kappa shape index (κ3) is 3.27. The maximum absolute atomic E-state index is 4.67. The number of thioether (sulfide) groups is 2. The van der Waals surface area contributed by atoms with Crippen molar-refractivity contribution in [3.63, 3.8) is 0 Å². The Morgan fingerprint density at radius 1 is 1.32 bits per heavy atom. The van der Waals surface area contributed by atoms with Gasteiger partial charge in [0.15, 0.2) is 0 Å². The average molecular weight is 353 g/mol. The summed E-state index contributed by atoms with van der Waals surface area (Å²) in [4.78, 5) is 7.05. The molecule has 0 spiro atoms. The Labute approximate surface area is 144 Å². The second kappa shape index (κ2) is 7.21. The number of rotatable bonds is 4. The molecule has 1 saturated heterocycles. The molecule has 1 N–H and O–H groups in total. The maximum atomic E-state index is 4.67. The van der Waals surface area contributed by atoms with E-state index in [9.17, 15) is 0 Å². The fourth-order valence-electron chi connectivity index (χ4n) is 2.71. The summed E-state index contributed by atoms with van der Waals surface area (Å²) in [5.74, 6) is 1.08. The smallest absolute Gasteiger partial charge is 0.128 e. The molecule has 0 bridgehead atoms. The van der Waals surface area contributed by atoms with E-state index in [-0.39, 0.29) is 0 Å². The van der Waals surface area contributed by atoms with Gasteiger partial charge in [0.2, 0.25) is 0 Å². The number of anilines is 1. The van der Waals surface area contributed by atoms with Crippen molar-refractivity contribution in [2.45, 2.75) is 22.2 Å². The highest BCUT2D eigenvalue weighted by molar-refractivity contribution is 8.01. The first kappa shape index (κ1) is 16.1. The van der Waals surface area contributed by atoms with Crippen LogP contribution in [0.3, 0.4) is 0 Å². The Morgan fingerprint density at radius 2 is 2.18 bits per heavy atom. The number of aryl methyl sites for hydroxylation is 1. The van der Waals surface area contributed by atoms with E-state index in [1.165, 1.54) is 9.77 Å². The van der Waals surface area contributed by atoms with Crippen LogP contribution in [0.2, 0.25) is 0 Å². The largest absolute Gasteiger partial charge is 0.353 e. The van der Waals surface area contributed by atoms with Crippen LogP contribution in [0.1, 0.15) is 17.3 Å². The number of piperazine rings is 1. The maximum Gasteiger partial charge on any atom is 0.128 e. The topological polar surface area (TPSA) is 41.1 Å². The Hall–Kier alpha value is -0.760. The highest BCUT2D eigenvalue weighted by atomic mass is 32.2. The monoisotopic (exact) mass is 352 g/mol. The predicted molar refractivity (Wildman–Crippen MR) is 97.6 cm³/mol. The summed E-state index contributed by atoms with van der Waals surface area (Å²) >= 11 is 5.14. The number of nitrogens with one attached hydrogen (secondary N) is 1. The third-order valence-electron chi connectivity index (χ3n) is 3.76. The highest BCUT2D eigenvalue weighted by Crippen LogP contribution is 2.38. The zero-order valence-electron chi connectivity index (χ0n) is 13.0. The average Bonchev–Trinajstić information content (AvgIpc) is 2.98. The van der Waals surface area contributed by atoms with Crippen molar-refractivity contribution in [1.29, 1.82) is 0 Å². The molecule has 4 nitrogen and oxygen atoms in total. The second-order valence-corrected chi connectivity index (χ2v) is 7.83. The molecule has 2 aromatic rings. The van der Waals surface area contributed by atoms with E-state index in [1.54, 1.807) is 35.1 Å². The summed E-state index contributed by atoms with van der Waals surface area (Å²) in [6, 6.07) is 6.55. The van der Waals surface area contributed by atoms with Gasteiger partial charge in [0.05, 0.1) is 10.3 Å². The molecule has 1 atom stereocenters. The first-order chi connectivity index (χ1) is 10.7. The van der Waals surface area contributed by atoms with Gasteiger partial charge in [-0.15, -0.1) is 23.5 Å². The van der Waals surface area contributed by atoms with Gasteiger partial charge in [-0.2, -0.15) is 4.37 Å². The van der Waals surface area contributed by atoms with Crippen molar-refractivity contribution in [1.82, 2.24) is 14.7 Å². The molecular formula is C15H20N4S3. The summed E-state index contributed by atoms with van der Waals surface area (Å²) in [5.41, 5.74) is 2.43. The van der Waals surface area contributed by atoms with Crippen LogP contribution in [-0.2, 0) is 0 Å². The molecule has 0 amide bonds. The summed E-state index contributed by atoms with van der Waals surface area (Å²) in [5, 5.41) is 4.81. The van der Waals surface area contributed by atoms with E-state index in [1.807, 2.05) is 13.0 Å². The Bertz CT molecular complexity index is 622. The molecule has 0 radical (unpaired) electrons. The van der Waals surface area contributed by atoms with E-state index >= 15 is 0 Å². The molecule has 0 aliphatic carbocycles. The van der Waals surface area contributed by atoms with Crippen LogP contribution in [0.15, 0.2) is 27.4 Å². The summed E-state index contributed by atoms with van der Waals surface area (Å²) in [6.45, 7) is 4.95. The molecule has 1 unspecified atom stereocenters. The number of hydrogen-bond acceptors (Lipinski definition) is 7. The number of hydrogen-bond donors (Lipinski definition) is 1. The van der Waals surface area contributed by atoms with Gasteiger partial charge in [-0.1, -0.05) is 6.07 Å². The van der Waals surface area contributed by atoms with Crippen LogP contribution in [-0.4, -0.2) is 41.5 Å². The van der Waals surface area contributed by atoms with Crippen molar-refractivity contribution in [3.05, 3.63) is 29.5 Å². The van der Waals surface area contributed by atoms with E-state index in [4.69, 9.17) is 0 Å². The SMILES string of the molecule is CSc1nsc(SC)c1C1CN(c2cccc(C)n2)CCN1. The van der Waals surface area contributed by atoms with Gasteiger partial charge in [-0.3, -0.25) is 0 Å². The Kier molecular flexibility index (Phi) is 5.28. The minimum absolute atomic E-state index is 0.319. The van der Waals surface area contributed by atoms with Gasteiger partial charge in [-0.05, 0) is 43.1 Å². The fourth-order valence-corrected chi connectivity index (χ4v) is 5.18. The molecule has 2 aromatic heterocycles. The second-order valence-electron chi connectivity index (χ2n) is 5.19. The van der Waals surface area contributed by atoms with Crippen LogP contribution in [0.25, 0.3) is 0 Å². The zero-order valence-corrected chi connectivity index (χ0v) is 15.4. The minimum Gasteiger partial charge on any atom is -0.353 e. The van der Waals surface area contributed by atoms with Gasteiger partial charge >= 0.3 is 0 Å². The fraction of sp³-hybridized carbons (Fsp3) is 0.467. The van der Waals surface area contributed by atoms with Crippen LogP contribution in [0.4, 0.5) is 5.82 Å². The lowest BCUT2D eigenvalue weighted by Crippen LogP contribution is -2.46. The van der Waals surface area contributed by atoms with Crippen molar-refractivity contribution in [2.24, 2.45) is 0 Å². The van der Waals surface area contributed by atoms with Crippen molar-refractivity contribution in [2.75, 3.05) is 37.0 Å². The molecule has 118 valence electrons. The normalized spacial score (nSPS) is 18.7. The molecule has 1 aliphatic heterocycles. The van der Waals surface area contributed by atoms with E-state index in [0.29, 0.717) is 6.04 Å². The molecule has 0 aromatic carbocycles. The van der Waals surface area contributed by atoms with Crippen LogP contribution in [0, 0.1) is 6.92 Å². The van der Waals surface area contributed by atoms with Gasteiger partial charge < -0.3 is 10.2 Å². The highest BCUT2D eigenvalue weighted by Gasteiger charge is 2.27.